The van der Waals surface area contributed by atoms with E-state index in [0.717, 1.165) is 0 Å². The number of aromatic nitrogens is 1. The molecule has 5 heteroatoms. The number of carbonyl (C=O) groups excluding carboxylic acids is 2. The Morgan fingerprint density at radius 2 is 1.88 bits per heavy atom. The minimum atomic E-state index is -0.205. The molecule has 0 saturated carbocycles. The standard InChI is InChI=1S/C12H14N2O3/c1-13-5-2-9(8-11(13)16)12(17)14-6-3-10(15)4-7-14/h2,5,8H,3-4,6-7H2,1H3. The number of hydrogen-bond acceptors (Lipinski definition) is 3. The molecule has 1 aliphatic rings. The Kier molecular flexibility index (Phi) is 3.08. The lowest BCUT2D eigenvalue weighted by Gasteiger charge is -2.26. The van der Waals surface area contributed by atoms with Crippen LogP contribution in [0.4, 0.5) is 0 Å². The van der Waals surface area contributed by atoms with Crippen LogP contribution in [0.5, 0.6) is 0 Å². The van der Waals surface area contributed by atoms with Crippen molar-refractivity contribution in [3.05, 3.63) is 34.2 Å². The highest BCUT2D eigenvalue weighted by molar-refractivity contribution is 5.95. The van der Waals surface area contributed by atoms with Crippen LogP contribution in [-0.4, -0.2) is 34.2 Å². The van der Waals surface area contributed by atoms with Gasteiger partial charge < -0.3 is 9.47 Å². The summed E-state index contributed by atoms with van der Waals surface area (Å²) in [5.74, 6) is 0.0215. The number of amides is 1. The molecule has 5 nitrogen and oxygen atoms in total. The highest BCUT2D eigenvalue weighted by Gasteiger charge is 2.21. The predicted molar refractivity (Wildman–Crippen MR) is 61.8 cm³/mol. The second-order valence-corrected chi connectivity index (χ2v) is 4.20. The number of Topliss-reactive ketones (excluding diaryl/α,β-unsaturated/α-hetero) is 1. The summed E-state index contributed by atoms with van der Waals surface area (Å²) >= 11 is 0. The van der Waals surface area contributed by atoms with E-state index in [2.05, 4.69) is 0 Å². The fourth-order valence-electron chi connectivity index (χ4n) is 1.82. The van der Waals surface area contributed by atoms with Crippen molar-refractivity contribution in [1.29, 1.82) is 0 Å². The van der Waals surface area contributed by atoms with Gasteiger partial charge in [0.25, 0.3) is 11.5 Å². The van der Waals surface area contributed by atoms with E-state index in [1.165, 1.54) is 10.6 Å². The zero-order valence-electron chi connectivity index (χ0n) is 9.68. The first-order chi connectivity index (χ1) is 8.08. The molecular weight excluding hydrogens is 220 g/mol. The van der Waals surface area contributed by atoms with Crippen molar-refractivity contribution in [2.45, 2.75) is 12.8 Å². The van der Waals surface area contributed by atoms with Crippen molar-refractivity contribution in [3.8, 4) is 0 Å². The van der Waals surface area contributed by atoms with Crippen LogP contribution in [0.2, 0.25) is 0 Å². The van der Waals surface area contributed by atoms with E-state index in [1.807, 2.05) is 0 Å². The Hall–Kier alpha value is -1.91. The molecule has 0 bridgehead atoms. The molecule has 0 aromatic carbocycles. The van der Waals surface area contributed by atoms with Gasteiger partial charge in [-0.15, -0.1) is 0 Å². The SMILES string of the molecule is Cn1ccc(C(=O)N2CCC(=O)CC2)cc1=O. The first-order valence-corrected chi connectivity index (χ1v) is 5.55. The van der Waals surface area contributed by atoms with Crippen molar-refractivity contribution in [3.63, 3.8) is 0 Å². The van der Waals surface area contributed by atoms with Gasteiger partial charge in [-0.25, -0.2) is 0 Å². The lowest BCUT2D eigenvalue weighted by molar-refractivity contribution is -0.120. The molecule has 1 fully saturated rings. The topological polar surface area (TPSA) is 59.4 Å². The van der Waals surface area contributed by atoms with Gasteiger partial charge in [0, 0.05) is 50.8 Å². The Morgan fingerprint density at radius 1 is 1.24 bits per heavy atom. The van der Waals surface area contributed by atoms with Crippen LogP contribution in [0.15, 0.2) is 23.1 Å². The van der Waals surface area contributed by atoms with Gasteiger partial charge in [0.1, 0.15) is 5.78 Å². The fourth-order valence-corrected chi connectivity index (χ4v) is 1.82. The highest BCUT2D eigenvalue weighted by atomic mass is 16.2. The molecule has 17 heavy (non-hydrogen) atoms. The number of nitrogens with zero attached hydrogens (tertiary/aromatic N) is 2. The summed E-state index contributed by atoms with van der Waals surface area (Å²) in [6.45, 7) is 0.903. The quantitative estimate of drug-likeness (QED) is 0.697. The molecule has 0 unspecified atom stereocenters. The van der Waals surface area contributed by atoms with Crippen LogP contribution in [0.1, 0.15) is 23.2 Å². The lowest BCUT2D eigenvalue weighted by atomic mass is 10.1. The van der Waals surface area contributed by atoms with E-state index in [1.54, 1.807) is 24.2 Å². The molecule has 0 radical (unpaired) electrons. The first-order valence-electron chi connectivity index (χ1n) is 5.55. The van der Waals surface area contributed by atoms with Crippen LogP contribution in [0, 0.1) is 0 Å². The van der Waals surface area contributed by atoms with E-state index in [4.69, 9.17) is 0 Å². The average molecular weight is 234 g/mol. The van der Waals surface area contributed by atoms with E-state index in [-0.39, 0.29) is 17.2 Å². The third-order valence-corrected chi connectivity index (χ3v) is 2.96. The van der Waals surface area contributed by atoms with Crippen molar-refractivity contribution in [2.75, 3.05) is 13.1 Å². The summed E-state index contributed by atoms with van der Waals surface area (Å²) in [6, 6.07) is 2.96. The van der Waals surface area contributed by atoms with Crippen LogP contribution in [-0.2, 0) is 11.8 Å². The van der Waals surface area contributed by atoms with Crippen molar-refractivity contribution in [1.82, 2.24) is 9.47 Å². The van der Waals surface area contributed by atoms with E-state index in [0.29, 0.717) is 31.5 Å². The van der Waals surface area contributed by atoms with Gasteiger partial charge in [0.15, 0.2) is 0 Å². The molecule has 0 atom stereocenters. The normalized spacial score (nSPS) is 16.1. The maximum atomic E-state index is 12.0. The van der Waals surface area contributed by atoms with Gasteiger partial charge in [-0.05, 0) is 6.07 Å². The summed E-state index contributed by atoms with van der Waals surface area (Å²) in [5, 5.41) is 0. The number of carbonyl (C=O) groups is 2. The Bertz CT molecular complexity index is 509. The smallest absolute Gasteiger partial charge is 0.254 e. The van der Waals surface area contributed by atoms with Crippen LogP contribution in [0.25, 0.3) is 0 Å². The predicted octanol–water partition coefficient (Wildman–Crippen LogP) is 0.190. The molecular formula is C12H14N2O3. The third kappa shape index (κ3) is 2.43. The zero-order valence-corrected chi connectivity index (χ0v) is 9.68. The largest absolute Gasteiger partial charge is 0.338 e. The molecule has 2 rings (SSSR count). The maximum Gasteiger partial charge on any atom is 0.254 e. The second-order valence-electron chi connectivity index (χ2n) is 4.20. The molecule has 1 aromatic rings. The molecule has 1 aromatic heterocycles. The van der Waals surface area contributed by atoms with Crippen LogP contribution in [0.3, 0.4) is 0 Å². The molecule has 1 aliphatic heterocycles. The van der Waals surface area contributed by atoms with E-state index >= 15 is 0 Å². The molecule has 0 N–H and O–H groups in total. The van der Waals surface area contributed by atoms with Gasteiger partial charge in [-0.3, -0.25) is 14.4 Å². The number of ketones is 1. The van der Waals surface area contributed by atoms with Gasteiger partial charge in [0.2, 0.25) is 0 Å². The Labute approximate surface area is 98.7 Å². The van der Waals surface area contributed by atoms with Gasteiger partial charge >= 0.3 is 0 Å². The maximum absolute atomic E-state index is 12.0. The van der Waals surface area contributed by atoms with Crippen LogP contribution < -0.4 is 5.56 Å². The minimum Gasteiger partial charge on any atom is -0.338 e. The first kappa shape index (κ1) is 11.6. The van der Waals surface area contributed by atoms with Crippen molar-refractivity contribution < 1.29 is 9.59 Å². The van der Waals surface area contributed by atoms with Gasteiger partial charge in [0.05, 0.1) is 0 Å². The number of rotatable bonds is 1. The molecule has 2 heterocycles. The summed E-state index contributed by atoms with van der Waals surface area (Å²) < 4.78 is 1.41. The molecule has 0 spiro atoms. The summed E-state index contributed by atoms with van der Waals surface area (Å²) in [4.78, 5) is 36.1. The Balaban J connectivity index is 2.17. The fraction of sp³-hybridized carbons (Fsp3) is 0.417. The van der Waals surface area contributed by atoms with E-state index in [9.17, 15) is 14.4 Å². The summed E-state index contributed by atoms with van der Waals surface area (Å²) in [5.41, 5.74) is 0.186. The number of aryl methyl sites for hydroxylation is 1. The minimum absolute atomic E-state index is 0.171. The summed E-state index contributed by atoms with van der Waals surface area (Å²) in [6.07, 6.45) is 2.40. The number of hydrogen-bond donors (Lipinski definition) is 0. The third-order valence-electron chi connectivity index (χ3n) is 2.96. The van der Waals surface area contributed by atoms with Gasteiger partial charge in [-0.1, -0.05) is 0 Å². The average Bonchev–Trinajstić information content (AvgIpc) is 2.33. The second kappa shape index (κ2) is 4.53. The lowest BCUT2D eigenvalue weighted by Crippen LogP contribution is -2.39. The van der Waals surface area contributed by atoms with Crippen molar-refractivity contribution in [2.24, 2.45) is 7.05 Å². The van der Waals surface area contributed by atoms with E-state index < -0.39 is 0 Å². The van der Waals surface area contributed by atoms with Crippen molar-refractivity contribution >= 4 is 11.7 Å². The Morgan fingerprint density at radius 3 is 2.47 bits per heavy atom. The highest BCUT2D eigenvalue weighted by Crippen LogP contribution is 2.09. The zero-order chi connectivity index (χ0) is 12.4. The summed E-state index contributed by atoms with van der Waals surface area (Å²) in [7, 11) is 1.64. The molecule has 1 saturated heterocycles. The van der Waals surface area contributed by atoms with Crippen LogP contribution >= 0.6 is 0 Å². The monoisotopic (exact) mass is 234 g/mol. The number of piperidine rings is 1. The van der Waals surface area contributed by atoms with Gasteiger partial charge in [-0.2, -0.15) is 0 Å². The molecule has 0 aliphatic carbocycles. The number of likely N-dealkylation sites (tertiary alicyclic amines) is 1. The molecule has 90 valence electrons. The molecule has 1 amide bonds. The number of pyridine rings is 1.